The number of methoxy groups -OCH3 is 1. The third kappa shape index (κ3) is 4.17. The number of carbonyl (C=O) groups is 2. The lowest BCUT2D eigenvalue weighted by Crippen LogP contribution is -2.30. The summed E-state index contributed by atoms with van der Waals surface area (Å²) in [6.45, 7) is 1.96. The van der Waals surface area contributed by atoms with Crippen LogP contribution in [0.1, 0.15) is 32.4 Å². The second-order valence-corrected chi connectivity index (χ2v) is 10.5. The summed E-state index contributed by atoms with van der Waals surface area (Å²) >= 11 is 1.42. The van der Waals surface area contributed by atoms with E-state index >= 15 is 0 Å². The Balaban J connectivity index is 1.84. The predicted octanol–water partition coefficient (Wildman–Crippen LogP) is 4.17. The van der Waals surface area contributed by atoms with Crippen molar-refractivity contribution in [3.8, 4) is 0 Å². The smallest absolute Gasteiger partial charge is 0.337 e. The van der Waals surface area contributed by atoms with Crippen LogP contribution in [0.3, 0.4) is 0 Å². The van der Waals surface area contributed by atoms with Crippen molar-refractivity contribution in [1.29, 1.82) is 0 Å². The van der Waals surface area contributed by atoms with Gasteiger partial charge in [-0.3, -0.25) is 4.79 Å². The Labute approximate surface area is 195 Å². The van der Waals surface area contributed by atoms with Gasteiger partial charge < -0.3 is 14.7 Å². The fourth-order valence-electron chi connectivity index (χ4n) is 3.73. The third-order valence-electron chi connectivity index (χ3n) is 5.43. The monoisotopic (exact) mass is 483 g/mol. The average molecular weight is 484 g/mol. The highest BCUT2D eigenvalue weighted by Gasteiger charge is 2.47. The summed E-state index contributed by atoms with van der Waals surface area (Å²) in [5.74, 6) is -2.10. The van der Waals surface area contributed by atoms with Crippen LogP contribution < -0.4 is 0 Å². The number of sulfone groups is 1. The molecule has 7 nitrogen and oxygen atoms in total. The number of ether oxygens (including phenoxy) is 1. The van der Waals surface area contributed by atoms with E-state index < -0.39 is 33.5 Å². The largest absolute Gasteiger partial charge is 0.502 e. The molecule has 0 fully saturated rings. The molecule has 1 N–H and O–H groups in total. The summed E-state index contributed by atoms with van der Waals surface area (Å²) < 4.78 is 31.9. The molecule has 0 spiro atoms. The average Bonchev–Trinajstić information content (AvgIpc) is 3.41. The maximum absolute atomic E-state index is 13.6. The van der Waals surface area contributed by atoms with Crippen molar-refractivity contribution in [1.82, 2.24) is 4.90 Å². The molecular weight excluding hydrogens is 462 g/mol. The lowest BCUT2D eigenvalue weighted by molar-refractivity contribution is -0.130. The van der Waals surface area contributed by atoms with E-state index in [0.717, 1.165) is 10.4 Å². The zero-order valence-electron chi connectivity index (χ0n) is 17.9. The number of nitrogens with zero attached hydrogens (tertiary/aromatic N) is 1. The number of esters is 1. The molecule has 2 aromatic carbocycles. The van der Waals surface area contributed by atoms with Gasteiger partial charge in [-0.05, 0) is 48.2 Å². The topological polar surface area (TPSA) is 101 Å². The lowest BCUT2D eigenvalue weighted by atomic mass is 10.0. The summed E-state index contributed by atoms with van der Waals surface area (Å²) in [6, 6.07) is 15.0. The highest BCUT2D eigenvalue weighted by atomic mass is 32.2. The first-order chi connectivity index (χ1) is 15.7. The van der Waals surface area contributed by atoms with Crippen LogP contribution in [0.25, 0.3) is 0 Å². The summed E-state index contributed by atoms with van der Waals surface area (Å²) in [5, 5.41) is 12.6. The van der Waals surface area contributed by atoms with Gasteiger partial charge in [0.25, 0.3) is 5.91 Å². The number of aliphatic hydroxyl groups excluding tert-OH is 1. The second-order valence-electron chi connectivity index (χ2n) is 7.56. The normalized spacial score (nSPS) is 16.4. The molecule has 0 unspecified atom stereocenters. The fourth-order valence-corrected chi connectivity index (χ4v) is 6.08. The van der Waals surface area contributed by atoms with E-state index in [9.17, 15) is 23.1 Å². The predicted molar refractivity (Wildman–Crippen MR) is 123 cm³/mol. The Morgan fingerprint density at radius 3 is 2.33 bits per heavy atom. The fraction of sp³-hybridized carbons (Fsp3) is 0.167. The van der Waals surface area contributed by atoms with Gasteiger partial charge in [-0.15, -0.1) is 11.3 Å². The van der Waals surface area contributed by atoms with Crippen LogP contribution in [0.15, 0.2) is 81.6 Å². The van der Waals surface area contributed by atoms with Crippen molar-refractivity contribution < 1.29 is 27.9 Å². The Hall–Kier alpha value is -3.43. The quantitative estimate of drug-likeness (QED) is 0.528. The van der Waals surface area contributed by atoms with Gasteiger partial charge in [0.1, 0.15) is 4.91 Å². The van der Waals surface area contributed by atoms with E-state index in [1.165, 1.54) is 47.6 Å². The van der Waals surface area contributed by atoms with Crippen molar-refractivity contribution in [2.75, 3.05) is 7.11 Å². The Kier molecular flexibility index (Phi) is 6.09. The van der Waals surface area contributed by atoms with Gasteiger partial charge in [0, 0.05) is 4.88 Å². The second kappa shape index (κ2) is 8.84. The molecule has 9 heteroatoms. The van der Waals surface area contributed by atoms with Crippen molar-refractivity contribution in [2.24, 2.45) is 0 Å². The summed E-state index contributed by atoms with van der Waals surface area (Å²) in [6.07, 6.45) is 0. The number of aryl methyl sites for hydroxylation is 1. The maximum atomic E-state index is 13.6. The Morgan fingerprint density at radius 2 is 1.76 bits per heavy atom. The van der Waals surface area contributed by atoms with Crippen molar-refractivity contribution in [3.63, 3.8) is 0 Å². The molecule has 0 saturated heterocycles. The van der Waals surface area contributed by atoms with Crippen LogP contribution in [0, 0.1) is 6.92 Å². The van der Waals surface area contributed by atoms with Crippen LogP contribution in [0.2, 0.25) is 0 Å². The molecule has 2 heterocycles. The van der Waals surface area contributed by atoms with E-state index in [0.29, 0.717) is 5.56 Å². The Morgan fingerprint density at radius 1 is 1.09 bits per heavy atom. The molecule has 3 aromatic rings. The molecule has 0 radical (unpaired) electrons. The number of aliphatic hydroxyl groups is 1. The number of hydrogen-bond acceptors (Lipinski definition) is 7. The van der Waals surface area contributed by atoms with Gasteiger partial charge in [0.2, 0.25) is 9.84 Å². The molecule has 1 atom stereocenters. The molecule has 4 rings (SSSR count). The summed E-state index contributed by atoms with van der Waals surface area (Å²) in [7, 11) is -2.93. The molecule has 0 bridgehead atoms. The number of carbonyl (C=O) groups excluding carboxylic acids is 2. The van der Waals surface area contributed by atoms with Gasteiger partial charge in [-0.25, -0.2) is 13.2 Å². The van der Waals surface area contributed by atoms with E-state index in [4.69, 9.17) is 4.74 Å². The van der Waals surface area contributed by atoms with Crippen LogP contribution in [-0.2, 0) is 25.9 Å². The van der Waals surface area contributed by atoms with Gasteiger partial charge >= 0.3 is 5.97 Å². The highest BCUT2D eigenvalue weighted by Crippen LogP contribution is 2.43. The number of hydrogen-bond donors (Lipinski definition) is 1. The Bertz CT molecular complexity index is 1320. The molecule has 0 saturated carbocycles. The van der Waals surface area contributed by atoms with Crippen LogP contribution in [-0.4, -0.2) is 37.4 Å². The van der Waals surface area contributed by atoms with Crippen molar-refractivity contribution >= 4 is 33.1 Å². The van der Waals surface area contributed by atoms with Crippen LogP contribution in [0.5, 0.6) is 0 Å². The van der Waals surface area contributed by atoms with E-state index in [1.807, 2.05) is 24.4 Å². The van der Waals surface area contributed by atoms with Gasteiger partial charge in [-0.1, -0.05) is 35.9 Å². The SMILES string of the molecule is COC(=O)c1ccc([C@H]2C(S(=O)(=O)c3ccc(C)cc3)=C(O)C(=O)N2Cc2cccs2)cc1. The zero-order valence-corrected chi connectivity index (χ0v) is 19.5. The first kappa shape index (κ1) is 22.8. The summed E-state index contributed by atoms with van der Waals surface area (Å²) in [5.41, 5.74) is 1.61. The number of rotatable bonds is 6. The first-order valence-electron chi connectivity index (χ1n) is 10.0. The summed E-state index contributed by atoms with van der Waals surface area (Å²) in [4.78, 5) is 26.7. The molecule has 33 heavy (non-hydrogen) atoms. The standard InChI is InChI=1S/C24H21NO6S2/c1-15-5-11-19(12-6-15)33(29,30)22-20(16-7-9-17(10-8-16)24(28)31-2)25(23(27)21(22)26)14-18-4-3-13-32-18/h3-13,20,26H,14H2,1-2H3/t20-/m0/s1. The number of benzene rings is 2. The molecular formula is C24H21NO6S2. The van der Waals surface area contributed by atoms with Crippen molar-refractivity contribution in [2.45, 2.75) is 24.4 Å². The zero-order chi connectivity index (χ0) is 23.8. The minimum Gasteiger partial charge on any atom is -0.502 e. The van der Waals surface area contributed by atoms with Gasteiger partial charge in [0.15, 0.2) is 5.76 Å². The van der Waals surface area contributed by atoms with E-state index in [1.54, 1.807) is 24.3 Å². The molecule has 1 aliphatic rings. The van der Waals surface area contributed by atoms with Gasteiger partial charge in [0.05, 0.1) is 30.2 Å². The molecule has 1 amide bonds. The maximum Gasteiger partial charge on any atom is 0.337 e. The minimum atomic E-state index is -4.20. The number of amides is 1. The third-order valence-corrected chi connectivity index (χ3v) is 8.18. The van der Waals surface area contributed by atoms with E-state index in [2.05, 4.69) is 0 Å². The number of thiophene rings is 1. The lowest BCUT2D eigenvalue weighted by Gasteiger charge is -2.26. The minimum absolute atomic E-state index is 0.0170. The van der Waals surface area contributed by atoms with E-state index in [-0.39, 0.29) is 21.9 Å². The van der Waals surface area contributed by atoms with Crippen LogP contribution >= 0.6 is 11.3 Å². The molecule has 170 valence electrons. The first-order valence-corrected chi connectivity index (χ1v) is 12.4. The van der Waals surface area contributed by atoms with Crippen molar-refractivity contribution in [3.05, 3.63) is 98.3 Å². The highest BCUT2D eigenvalue weighted by molar-refractivity contribution is 7.95. The molecule has 0 aliphatic carbocycles. The van der Waals surface area contributed by atoms with Gasteiger partial charge in [-0.2, -0.15) is 0 Å². The molecule has 1 aromatic heterocycles. The van der Waals surface area contributed by atoms with Crippen LogP contribution in [0.4, 0.5) is 0 Å². The molecule has 1 aliphatic heterocycles.